The molecular formula is C20H21BrN4S. The number of thioether (sulfide) groups is 1. The summed E-state index contributed by atoms with van der Waals surface area (Å²) in [5.41, 5.74) is 3.58. The summed E-state index contributed by atoms with van der Waals surface area (Å²) in [7, 11) is 0. The Morgan fingerprint density at radius 3 is 2.54 bits per heavy atom. The summed E-state index contributed by atoms with van der Waals surface area (Å²) in [5, 5.41) is 13.1. The Labute approximate surface area is 166 Å². The predicted octanol–water partition coefficient (Wildman–Crippen LogP) is 5.44. The molecule has 0 bridgehead atoms. The highest BCUT2D eigenvalue weighted by molar-refractivity contribution is 9.10. The van der Waals surface area contributed by atoms with Crippen molar-refractivity contribution in [1.29, 1.82) is 0 Å². The minimum absolute atomic E-state index is 0.628. The summed E-state index contributed by atoms with van der Waals surface area (Å²) in [6.45, 7) is 7.27. The van der Waals surface area contributed by atoms with Crippen molar-refractivity contribution in [3.05, 3.63) is 82.6 Å². The third-order valence-electron chi connectivity index (χ3n) is 3.89. The smallest absolute Gasteiger partial charge is 0.191 e. The number of anilines is 1. The van der Waals surface area contributed by atoms with Crippen LogP contribution in [0.15, 0.2) is 70.8 Å². The van der Waals surface area contributed by atoms with Crippen LogP contribution in [0.4, 0.5) is 5.69 Å². The van der Waals surface area contributed by atoms with Gasteiger partial charge in [0, 0.05) is 22.5 Å². The quantitative estimate of drug-likeness (QED) is 0.383. The van der Waals surface area contributed by atoms with Gasteiger partial charge >= 0.3 is 0 Å². The van der Waals surface area contributed by atoms with Gasteiger partial charge in [0.15, 0.2) is 11.0 Å². The molecular weight excluding hydrogens is 408 g/mol. The third-order valence-corrected chi connectivity index (χ3v) is 5.46. The van der Waals surface area contributed by atoms with Crippen molar-refractivity contribution in [2.45, 2.75) is 30.9 Å². The summed E-state index contributed by atoms with van der Waals surface area (Å²) in [6, 6.07) is 16.7. The van der Waals surface area contributed by atoms with E-state index in [4.69, 9.17) is 0 Å². The first-order chi connectivity index (χ1) is 12.7. The highest BCUT2D eigenvalue weighted by Crippen LogP contribution is 2.23. The van der Waals surface area contributed by atoms with E-state index in [0.717, 1.165) is 26.9 Å². The van der Waals surface area contributed by atoms with Gasteiger partial charge in [0.2, 0.25) is 0 Å². The Bertz CT molecular complexity index is 790. The van der Waals surface area contributed by atoms with Crippen LogP contribution in [0.2, 0.25) is 0 Å². The van der Waals surface area contributed by atoms with Gasteiger partial charge in [-0.2, -0.15) is 0 Å². The molecule has 0 atom stereocenters. The lowest BCUT2D eigenvalue weighted by Gasteiger charge is -2.10. The number of allylic oxidation sites excluding steroid dienone is 1. The molecule has 1 N–H and O–H groups in total. The second-order valence-electron chi connectivity index (χ2n) is 5.93. The number of nitrogens with zero attached hydrogens (tertiary/aromatic N) is 3. The van der Waals surface area contributed by atoms with E-state index in [1.54, 1.807) is 11.8 Å². The molecule has 134 valence electrons. The molecule has 1 heterocycles. The van der Waals surface area contributed by atoms with Crippen LogP contribution < -0.4 is 5.32 Å². The van der Waals surface area contributed by atoms with E-state index in [2.05, 4.69) is 98.0 Å². The van der Waals surface area contributed by atoms with Crippen molar-refractivity contribution in [3.8, 4) is 0 Å². The van der Waals surface area contributed by atoms with Crippen LogP contribution in [0.3, 0.4) is 0 Å². The summed E-state index contributed by atoms with van der Waals surface area (Å²) in [6.07, 6.45) is 1.88. The number of aryl methyl sites for hydroxylation is 1. The first-order valence-electron chi connectivity index (χ1n) is 8.36. The molecule has 0 saturated heterocycles. The maximum absolute atomic E-state index is 4.37. The van der Waals surface area contributed by atoms with Gasteiger partial charge in [0.25, 0.3) is 0 Å². The molecule has 0 radical (unpaired) electrons. The lowest BCUT2D eigenvalue weighted by molar-refractivity contribution is 0.687. The van der Waals surface area contributed by atoms with Crippen molar-refractivity contribution in [2.24, 2.45) is 0 Å². The SMILES string of the molecule is C=CCn1c(CNc2ccc(C)cc2)nnc1SCc1ccc(Br)cc1. The zero-order chi connectivity index (χ0) is 18.4. The monoisotopic (exact) mass is 428 g/mol. The van der Waals surface area contributed by atoms with E-state index in [9.17, 15) is 0 Å². The number of benzene rings is 2. The molecule has 26 heavy (non-hydrogen) atoms. The minimum Gasteiger partial charge on any atom is -0.378 e. The number of nitrogens with one attached hydrogen (secondary N) is 1. The fraction of sp³-hybridized carbons (Fsp3) is 0.200. The molecule has 0 unspecified atom stereocenters. The molecule has 3 rings (SSSR count). The molecule has 6 heteroatoms. The highest BCUT2D eigenvalue weighted by atomic mass is 79.9. The summed E-state index contributed by atoms with van der Waals surface area (Å²) in [5.74, 6) is 1.76. The van der Waals surface area contributed by atoms with Gasteiger partial charge in [-0.1, -0.05) is 63.6 Å². The Balaban J connectivity index is 1.67. The minimum atomic E-state index is 0.628. The molecule has 1 aromatic heterocycles. The normalized spacial score (nSPS) is 10.7. The molecule has 4 nitrogen and oxygen atoms in total. The van der Waals surface area contributed by atoms with Gasteiger partial charge in [-0.05, 0) is 36.8 Å². The van der Waals surface area contributed by atoms with E-state index in [1.807, 2.05) is 6.08 Å². The topological polar surface area (TPSA) is 42.7 Å². The van der Waals surface area contributed by atoms with Gasteiger partial charge in [-0.3, -0.25) is 0 Å². The van der Waals surface area contributed by atoms with Crippen molar-refractivity contribution >= 4 is 33.4 Å². The number of hydrogen-bond acceptors (Lipinski definition) is 4. The summed E-state index contributed by atoms with van der Waals surface area (Å²) < 4.78 is 3.20. The van der Waals surface area contributed by atoms with Gasteiger partial charge in [0.05, 0.1) is 6.54 Å². The fourth-order valence-electron chi connectivity index (χ4n) is 2.45. The Hall–Kier alpha value is -2.05. The second-order valence-corrected chi connectivity index (χ2v) is 7.79. The van der Waals surface area contributed by atoms with Crippen molar-refractivity contribution in [3.63, 3.8) is 0 Å². The third kappa shape index (κ3) is 4.99. The van der Waals surface area contributed by atoms with E-state index in [0.29, 0.717) is 13.1 Å². The van der Waals surface area contributed by atoms with Crippen LogP contribution >= 0.6 is 27.7 Å². The van der Waals surface area contributed by atoms with E-state index in [-0.39, 0.29) is 0 Å². The average molecular weight is 429 g/mol. The summed E-state index contributed by atoms with van der Waals surface area (Å²) in [4.78, 5) is 0. The van der Waals surface area contributed by atoms with Gasteiger partial charge in [-0.25, -0.2) is 0 Å². The van der Waals surface area contributed by atoms with Crippen LogP contribution in [0.5, 0.6) is 0 Å². The predicted molar refractivity (Wildman–Crippen MR) is 112 cm³/mol. The van der Waals surface area contributed by atoms with Crippen molar-refractivity contribution in [2.75, 3.05) is 5.32 Å². The zero-order valence-electron chi connectivity index (χ0n) is 14.7. The molecule has 0 aliphatic heterocycles. The first-order valence-corrected chi connectivity index (χ1v) is 10.1. The Morgan fingerprint density at radius 1 is 1.12 bits per heavy atom. The largest absolute Gasteiger partial charge is 0.378 e. The second kappa shape index (κ2) is 9.05. The Morgan fingerprint density at radius 2 is 1.85 bits per heavy atom. The molecule has 0 saturated carbocycles. The van der Waals surface area contributed by atoms with Gasteiger partial charge in [0.1, 0.15) is 0 Å². The fourth-order valence-corrected chi connectivity index (χ4v) is 3.64. The van der Waals surface area contributed by atoms with Crippen LogP contribution in [-0.2, 0) is 18.8 Å². The number of hydrogen-bond donors (Lipinski definition) is 1. The van der Waals surface area contributed by atoms with E-state index < -0.39 is 0 Å². The zero-order valence-corrected chi connectivity index (χ0v) is 17.1. The standard InChI is InChI=1S/C20H21BrN4S/c1-3-12-25-19(13-22-18-10-4-15(2)5-11-18)23-24-20(25)26-14-16-6-8-17(21)9-7-16/h3-11,22H,1,12-14H2,2H3. The van der Waals surface area contributed by atoms with Crippen LogP contribution in [0, 0.1) is 6.92 Å². The number of rotatable bonds is 8. The molecule has 0 fully saturated rings. The maximum atomic E-state index is 4.37. The lowest BCUT2D eigenvalue weighted by atomic mass is 10.2. The van der Waals surface area contributed by atoms with Crippen LogP contribution in [-0.4, -0.2) is 14.8 Å². The van der Waals surface area contributed by atoms with E-state index in [1.165, 1.54) is 11.1 Å². The van der Waals surface area contributed by atoms with Gasteiger partial charge < -0.3 is 9.88 Å². The molecule has 0 aliphatic rings. The molecule has 2 aromatic carbocycles. The van der Waals surface area contributed by atoms with E-state index >= 15 is 0 Å². The molecule has 3 aromatic rings. The average Bonchev–Trinajstić information content (AvgIpc) is 3.03. The summed E-state index contributed by atoms with van der Waals surface area (Å²) >= 11 is 5.15. The number of halogens is 1. The number of aromatic nitrogens is 3. The molecule has 0 amide bonds. The maximum Gasteiger partial charge on any atom is 0.191 e. The lowest BCUT2D eigenvalue weighted by Crippen LogP contribution is -2.09. The van der Waals surface area contributed by atoms with Crippen molar-refractivity contribution < 1.29 is 0 Å². The molecule has 0 aliphatic carbocycles. The highest BCUT2D eigenvalue weighted by Gasteiger charge is 2.11. The molecule has 0 spiro atoms. The first kappa shape index (κ1) is 18.7. The van der Waals surface area contributed by atoms with Crippen LogP contribution in [0.25, 0.3) is 0 Å². The van der Waals surface area contributed by atoms with Gasteiger partial charge in [-0.15, -0.1) is 16.8 Å². The van der Waals surface area contributed by atoms with Crippen LogP contribution in [0.1, 0.15) is 17.0 Å². The Kier molecular flexibility index (Phi) is 6.52. The van der Waals surface area contributed by atoms with Crippen molar-refractivity contribution in [1.82, 2.24) is 14.8 Å².